The summed E-state index contributed by atoms with van der Waals surface area (Å²) in [7, 11) is 0. The molecular weight excluding hydrogens is 556 g/mol. The molecule has 0 unspecified atom stereocenters. The molecule has 1 fully saturated rings. The average molecular weight is 579 g/mol. The molecule has 1 aliphatic heterocycles. The van der Waals surface area contributed by atoms with Crippen molar-refractivity contribution in [3.8, 4) is 5.75 Å². The molecule has 3 aromatic carbocycles. The maximum Gasteiger partial charge on any atom is 0.343 e. The number of anilines is 1. The molecule has 10 nitrogen and oxygen atoms in total. The third-order valence-electron chi connectivity index (χ3n) is 5.46. The monoisotopic (exact) mass is 578 g/mol. The summed E-state index contributed by atoms with van der Waals surface area (Å²) in [6.45, 7) is 1.79. The predicted molar refractivity (Wildman–Crippen MR) is 143 cm³/mol. The van der Waals surface area contributed by atoms with Gasteiger partial charge < -0.3 is 19.7 Å². The molecule has 38 heavy (non-hydrogen) atoms. The van der Waals surface area contributed by atoms with Gasteiger partial charge in [0.1, 0.15) is 5.75 Å². The van der Waals surface area contributed by atoms with Crippen LogP contribution in [0.4, 0.5) is 5.69 Å². The van der Waals surface area contributed by atoms with Crippen molar-refractivity contribution in [2.24, 2.45) is 5.10 Å². The average Bonchev–Trinajstić information content (AvgIpc) is 2.94. The van der Waals surface area contributed by atoms with Gasteiger partial charge in [0, 0.05) is 17.6 Å². The van der Waals surface area contributed by atoms with Gasteiger partial charge in [0.25, 0.3) is 5.91 Å². The van der Waals surface area contributed by atoms with E-state index in [2.05, 4.69) is 31.8 Å². The normalized spacial score (nSPS) is 13.1. The molecule has 0 spiro atoms. The van der Waals surface area contributed by atoms with Crippen LogP contribution in [0.3, 0.4) is 0 Å². The van der Waals surface area contributed by atoms with E-state index in [1.165, 1.54) is 6.21 Å². The van der Waals surface area contributed by atoms with Gasteiger partial charge in [-0.2, -0.15) is 5.10 Å². The topological polar surface area (TPSA) is 126 Å². The van der Waals surface area contributed by atoms with E-state index in [1.807, 2.05) is 0 Å². The number of amides is 3. The van der Waals surface area contributed by atoms with E-state index in [1.54, 1.807) is 77.7 Å². The molecule has 11 heteroatoms. The minimum Gasteiger partial charge on any atom is -0.423 e. The molecule has 1 saturated heterocycles. The maximum atomic E-state index is 12.8. The van der Waals surface area contributed by atoms with E-state index in [9.17, 15) is 19.2 Å². The zero-order valence-corrected chi connectivity index (χ0v) is 21.6. The lowest BCUT2D eigenvalue weighted by atomic mass is 10.1. The van der Waals surface area contributed by atoms with E-state index in [4.69, 9.17) is 9.47 Å². The Bertz CT molecular complexity index is 1350. The van der Waals surface area contributed by atoms with Crippen LogP contribution >= 0.6 is 15.9 Å². The highest BCUT2D eigenvalue weighted by Gasteiger charge is 2.23. The molecule has 1 heterocycles. The number of nitrogens with zero attached hydrogens (tertiary/aromatic N) is 2. The summed E-state index contributed by atoms with van der Waals surface area (Å²) in [5.41, 5.74) is 3.66. The van der Waals surface area contributed by atoms with Crippen molar-refractivity contribution >= 4 is 51.5 Å². The molecule has 0 radical (unpaired) electrons. The number of hydrogen-bond donors (Lipinski definition) is 2. The SMILES string of the molecule is O=C(N/N=C\c1ccc(OC(=O)c2ccc(Br)cc2)cc1)C(=O)Nc1ccccc1C(=O)N1CCOCC1. The number of para-hydroxylation sites is 1. The Hall–Kier alpha value is -4.35. The van der Waals surface area contributed by atoms with Gasteiger partial charge in [-0.15, -0.1) is 0 Å². The highest BCUT2D eigenvalue weighted by atomic mass is 79.9. The molecule has 1 aliphatic rings. The number of carbonyl (C=O) groups excluding carboxylic acids is 4. The van der Waals surface area contributed by atoms with Gasteiger partial charge in [-0.1, -0.05) is 28.1 Å². The number of esters is 1. The van der Waals surface area contributed by atoms with Gasteiger partial charge >= 0.3 is 17.8 Å². The van der Waals surface area contributed by atoms with E-state index in [0.717, 1.165) is 4.47 Å². The number of carbonyl (C=O) groups is 4. The second-order valence-electron chi connectivity index (χ2n) is 8.07. The van der Waals surface area contributed by atoms with Gasteiger partial charge in [0.2, 0.25) is 0 Å². The molecule has 194 valence electrons. The lowest BCUT2D eigenvalue weighted by Gasteiger charge is -2.27. The van der Waals surface area contributed by atoms with E-state index >= 15 is 0 Å². The van der Waals surface area contributed by atoms with Crippen LogP contribution in [0.15, 0.2) is 82.4 Å². The minimum absolute atomic E-state index is 0.224. The number of benzene rings is 3. The lowest BCUT2D eigenvalue weighted by Crippen LogP contribution is -2.41. The first-order valence-corrected chi connectivity index (χ1v) is 12.4. The van der Waals surface area contributed by atoms with Gasteiger partial charge in [0.15, 0.2) is 0 Å². The van der Waals surface area contributed by atoms with Crippen LogP contribution in [0.25, 0.3) is 0 Å². The van der Waals surface area contributed by atoms with Crippen molar-refractivity contribution in [3.05, 3.63) is 94.0 Å². The van der Waals surface area contributed by atoms with E-state index < -0.39 is 17.8 Å². The largest absolute Gasteiger partial charge is 0.423 e. The number of hydrazone groups is 1. The van der Waals surface area contributed by atoms with Crippen molar-refractivity contribution in [2.75, 3.05) is 31.6 Å². The summed E-state index contributed by atoms with van der Waals surface area (Å²) < 4.78 is 11.5. The van der Waals surface area contributed by atoms with Crippen molar-refractivity contribution in [2.45, 2.75) is 0 Å². The summed E-state index contributed by atoms with van der Waals surface area (Å²) in [4.78, 5) is 51.3. The number of nitrogens with one attached hydrogen (secondary N) is 2. The first kappa shape index (κ1) is 26.7. The number of morpholine rings is 1. The quantitative estimate of drug-likeness (QED) is 0.152. The molecule has 2 N–H and O–H groups in total. The summed E-state index contributed by atoms with van der Waals surface area (Å²) in [5.74, 6) is -2.39. The van der Waals surface area contributed by atoms with E-state index in [0.29, 0.717) is 43.2 Å². The van der Waals surface area contributed by atoms with Crippen LogP contribution in [0, 0.1) is 0 Å². The van der Waals surface area contributed by atoms with Crippen LogP contribution in [-0.4, -0.2) is 61.1 Å². The van der Waals surface area contributed by atoms with Gasteiger partial charge in [-0.05, 0) is 66.2 Å². The first-order valence-electron chi connectivity index (χ1n) is 11.6. The fourth-order valence-corrected chi connectivity index (χ4v) is 3.75. The highest BCUT2D eigenvalue weighted by molar-refractivity contribution is 9.10. The molecule has 0 saturated carbocycles. The minimum atomic E-state index is -1.00. The summed E-state index contributed by atoms with van der Waals surface area (Å²) in [6, 6.07) is 19.7. The Morgan fingerprint density at radius 1 is 0.895 bits per heavy atom. The second-order valence-corrected chi connectivity index (χ2v) is 8.98. The van der Waals surface area contributed by atoms with Crippen molar-refractivity contribution < 1.29 is 28.7 Å². The van der Waals surface area contributed by atoms with Crippen molar-refractivity contribution in [1.29, 1.82) is 0 Å². The van der Waals surface area contributed by atoms with Gasteiger partial charge in [0.05, 0.1) is 36.2 Å². The lowest BCUT2D eigenvalue weighted by molar-refractivity contribution is -0.136. The Balaban J connectivity index is 1.30. The number of hydrogen-bond acceptors (Lipinski definition) is 7. The third kappa shape index (κ3) is 7.11. The fourth-order valence-electron chi connectivity index (χ4n) is 3.48. The maximum absolute atomic E-state index is 12.8. The Morgan fingerprint density at radius 3 is 2.29 bits per heavy atom. The number of halogens is 1. The Morgan fingerprint density at radius 2 is 1.58 bits per heavy atom. The predicted octanol–water partition coefficient (Wildman–Crippen LogP) is 3.23. The Labute approximate surface area is 226 Å². The molecule has 3 aromatic rings. The van der Waals surface area contributed by atoms with Gasteiger partial charge in [-0.25, -0.2) is 10.2 Å². The third-order valence-corrected chi connectivity index (χ3v) is 5.99. The van der Waals surface area contributed by atoms with Crippen LogP contribution in [-0.2, 0) is 14.3 Å². The smallest absolute Gasteiger partial charge is 0.343 e. The van der Waals surface area contributed by atoms with Crippen LogP contribution in [0.5, 0.6) is 5.75 Å². The van der Waals surface area contributed by atoms with Crippen LogP contribution in [0.2, 0.25) is 0 Å². The van der Waals surface area contributed by atoms with Crippen LogP contribution in [0.1, 0.15) is 26.3 Å². The van der Waals surface area contributed by atoms with Gasteiger partial charge in [-0.3, -0.25) is 14.4 Å². The second kappa shape index (κ2) is 12.7. The molecular formula is C27H23BrN4O6. The van der Waals surface area contributed by atoms with Crippen molar-refractivity contribution in [3.63, 3.8) is 0 Å². The van der Waals surface area contributed by atoms with Crippen molar-refractivity contribution in [1.82, 2.24) is 10.3 Å². The first-order chi connectivity index (χ1) is 18.4. The van der Waals surface area contributed by atoms with E-state index in [-0.39, 0.29) is 17.2 Å². The molecule has 0 bridgehead atoms. The number of ether oxygens (including phenoxy) is 2. The zero-order chi connectivity index (χ0) is 26.9. The summed E-state index contributed by atoms with van der Waals surface area (Å²) in [6.07, 6.45) is 1.33. The molecule has 3 amide bonds. The standard InChI is InChI=1S/C27H23BrN4O6/c28-20-9-7-19(8-10-20)27(36)38-21-11-5-18(6-12-21)17-29-31-25(34)24(33)30-23-4-2-1-3-22(23)26(35)32-13-15-37-16-14-32/h1-12,17H,13-16H2,(H,30,33)(H,31,34)/b29-17-. The highest BCUT2D eigenvalue weighted by Crippen LogP contribution is 2.18. The summed E-state index contributed by atoms with van der Waals surface area (Å²) >= 11 is 3.31. The number of rotatable bonds is 6. The molecule has 0 aromatic heterocycles. The Kier molecular flexibility index (Phi) is 8.96. The molecule has 4 rings (SSSR count). The molecule has 0 aliphatic carbocycles. The zero-order valence-electron chi connectivity index (χ0n) is 20.1. The fraction of sp³-hybridized carbons (Fsp3) is 0.148. The summed E-state index contributed by atoms with van der Waals surface area (Å²) in [5, 5.41) is 6.26. The molecule has 0 atom stereocenters. The van der Waals surface area contributed by atoms with Crippen LogP contribution < -0.4 is 15.5 Å².